The number of nitrogens with zero attached hydrogens (tertiary/aromatic N) is 2. The summed E-state index contributed by atoms with van der Waals surface area (Å²) in [5, 5.41) is 0. The molecule has 0 amide bonds. The molecule has 2 aliphatic heterocycles. The van der Waals surface area contributed by atoms with E-state index in [4.69, 9.17) is 9.47 Å². The lowest BCUT2D eigenvalue weighted by Crippen LogP contribution is -2.42. The van der Waals surface area contributed by atoms with Crippen LogP contribution in [0.5, 0.6) is 11.5 Å². The van der Waals surface area contributed by atoms with Crippen LogP contribution in [0.15, 0.2) is 47.4 Å². The van der Waals surface area contributed by atoms with Gasteiger partial charge >= 0.3 is 0 Å². The van der Waals surface area contributed by atoms with Crippen LogP contribution in [0.3, 0.4) is 0 Å². The van der Waals surface area contributed by atoms with E-state index >= 15 is 0 Å². The molecule has 1 fully saturated rings. The molecule has 2 aromatic carbocycles. The summed E-state index contributed by atoms with van der Waals surface area (Å²) in [5.74, 6) is 1.32. The summed E-state index contributed by atoms with van der Waals surface area (Å²) in [4.78, 5) is 4.93. The van der Waals surface area contributed by atoms with Gasteiger partial charge in [-0.3, -0.25) is 4.72 Å². The quantitative estimate of drug-likeness (QED) is 0.779. The number of ether oxygens (including phenoxy) is 2. The van der Waals surface area contributed by atoms with Gasteiger partial charge in [-0.2, -0.15) is 0 Å². The maximum atomic E-state index is 12.7. The minimum absolute atomic E-state index is 0.183. The molecule has 2 aliphatic rings. The lowest BCUT2D eigenvalue weighted by atomic mass is 10.1. The summed E-state index contributed by atoms with van der Waals surface area (Å²) in [6, 6.07) is 12.3. The number of likely N-dealkylation sites (N-methyl/N-ethyl adjacent to an activating group) is 1. The molecule has 156 valence electrons. The Morgan fingerprint density at radius 1 is 1.17 bits per heavy atom. The Bertz CT molecular complexity index is 962. The van der Waals surface area contributed by atoms with Crippen LogP contribution in [0, 0.1) is 0 Å². The van der Waals surface area contributed by atoms with Gasteiger partial charge in [-0.1, -0.05) is 0 Å². The van der Waals surface area contributed by atoms with Crippen LogP contribution in [0.4, 0.5) is 11.4 Å². The molecule has 29 heavy (non-hydrogen) atoms. The van der Waals surface area contributed by atoms with E-state index in [0.717, 1.165) is 25.3 Å². The normalized spacial score (nSPS) is 19.5. The van der Waals surface area contributed by atoms with E-state index in [1.807, 2.05) is 6.07 Å². The van der Waals surface area contributed by atoms with Gasteiger partial charge in [0.05, 0.1) is 29.9 Å². The topological polar surface area (TPSA) is 71.1 Å². The van der Waals surface area contributed by atoms with Crippen molar-refractivity contribution in [2.24, 2.45) is 0 Å². The summed E-state index contributed by atoms with van der Waals surface area (Å²) in [7, 11) is 0.0355. The molecule has 1 atom stereocenters. The lowest BCUT2D eigenvalue weighted by molar-refractivity contribution is 0.281. The van der Waals surface area contributed by atoms with E-state index in [1.54, 1.807) is 31.4 Å². The predicted octanol–water partition coefficient (Wildman–Crippen LogP) is 2.79. The molecule has 8 heteroatoms. The van der Waals surface area contributed by atoms with Crippen molar-refractivity contribution in [3.63, 3.8) is 0 Å². The lowest BCUT2D eigenvalue weighted by Gasteiger charge is -2.35. The Morgan fingerprint density at radius 3 is 2.66 bits per heavy atom. The van der Waals surface area contributed by atoms with Crippen LogP contribution in [-0.4, -0.2) is 59.8 Å². The maximum absolute atomic E-state index is 12.7. The van der Waals surface area contributed by atoms with Crippen LogP contribution in [0.25, 0.3) is 0 Å². The Kier molecular flexibility index (Phi) is 5.56. The van der Waals surface area contributed by atoms with Crippen molar-refractivity contribution < 1.29 is 17.9 Å². The number of hydrogen-bond acceptors (Lipinski definition) is 6. The van der Waals surface area contributed by atoms with E-state index < -0.39 is 10.0 Å². The van der Waals surface area contributed by atoms with Crippen LogP contribution in [0.1, 0.15) is 12.8 Å². The summed E-state index contributed by atoms with van der Waals surface area (Å²) >= 11 is 0. The zero-order valence-corrected chi connectivity index (χ0v) is 17.6. The molecule has 0 aromatic heterocycles. The second-order valence-corrected chi connectivity index (χ2v) is 9.22. The SMILES string of the molecule is COc1ccc(S(=O)(=O)Nc2ccc3c(c2)OCCN3CC2CCCN2C)cc1. The highest BCUT2D eigenvalue weighted by molar-refractivity contribution is 7.92. The molecule has 1 unspecified atom stereocenters. The van der Waals surface area contributed by atoms with E-state index in [2.05, 4.69) is 21.6 Å². The zero-order chi connectivity index (χ0) is 20.4. The van der Waals surface area contributed by atoms with Gasteiger partial charge in [-0.05, 0) is 62.8 Å². The van der Waals surface area contributed by atoms with Crippen molar-refractivity contribution >= 4 is 21.4 Å². The minimum Gasteiger partial charge on any atom is -0.497 e. The molecule has 4 rings (SSSR count). The third-order valence-corrected chi connectivity index (χ3v) is 7.04. The largest absolute Gasteiger partial charge is 0.497 e. The van der Waals surface area contributed by atoms with Crippen molar-refractivity contribution in [2.45, 2.75) is 23.8 Å². The number of nitrogens with one attached hydrogen (secondary N) is 1. The first-order chi connectivity index (χ1) is 14.0. The molecule has 1 saturated heterocycles. The van der Waals surface area contributed by atoms with Gasteiger partial charge in [0.1, 0.15) is 18.1 Å². The van der Waals surface area contributed by atoms with Crippen LogP contribution >= 0.6 is 0 Å². The van der Waals surface area contributed by atoms with Crippen molar-refractivity contribution in [1.29, 1.82) is 0 Å². The smallest absolute Gasteiger partial charge is 0.261 e. The molecule has 0 bridgehead atoms. The molecule has 0 spiro atoms. The third-order valence-electron chi connectivity index (χ3n) is 5.64. The number of benzene rings is 2. The molecule has 1 N–H and O–H groups in total. The first-order valence-corrected chi connectivity index (χ1v) is 11.3. The van der Waals surface area contributed by atoms with Crippen molar-refractivity contribution in [3.8, 4) is 11.5 Å². The first-order valence-electron chi connectivity index (χ1n) is 9.85. The summed E-state index contributed by atoms with van der Waals surface area (Å²) in [6.07, 6.45) is 2.45. The number of hydrogen-bond donors (Lipinski definition) is 1. The summed E-state index contributed by atoms with van der Waals surface area (Å²) in [6.45, 7) is 3.55. The highest BCUT2D eigenvalue weighted by Gasteiger charge is 2.27. The van der Waals surface area contributed by atoms with Crippen LogP contribution < -0.4 is 19.1 Å². The predicted molar refractivity (Wildman–Crippen MR) is 114 cm³/mol. The Balaban J connectivity index is 1.51. The number of rotatable bonds is 6. The van der Waals surface area contributed by atoms with Crippen molar-refractivity contribution in [3.05, 3.63) is 42.5 Å². The fourth-order valence-corrected chi connectivity index (χ4v) is 5.01. The van der Waals surface area contributed by atoms with E-state index in [-0.39, 0.29) is 4.90 Å². The second-order valence-electron chi connectivity index (χ2n) is 7.53. The number of anilines is 2. The average Bonchev–Trinajstić information content (AvgIpc) is 3.12. The monoisotopic (exact) mass is 417 g/mol. The number of sulfonamides is 1. The first kappa shape index (κ1) is 19.8. The van der Waals surface area contributed by atoms with E-state index in [0.29, 0.717) is 29.8 Å². The molecular weight excluding hydrogens is 390 g/mol. The fraction of sp³-hybridized carbons (Fsp3) is 0.429. The van der Waals surface area contributed by atoms with Gasteiger partial charge in [0.25, 0.3) is 10.0 Å². The van der Waals surface area contributed by atoms with Gasteiger partial charge in [0, 0.05) is 18.7 Å². The van der Waals surface area contributed by atoms with Crippen molar-refractivity contribution in [2.75, 3.05) is 50.0 Å². The van der Waals surface area contributed by atoms with E-state index in [1.165, 1.54) is 25.0 Å². The van der Waals surface area contributed by atoms with E-state index in [9.17, 15) is 8.42 Å². The number of methoxy groups -OCH3 is 1. The Hall–Kier alpha value is -2.45. The third kappa shape index (κ3) is 4.28. The van der Waals surface area contributed by atoms with Gasteiger partial charge in [0.15, 0.2) is 0 Å². The molecule has 2 aromatic rings. The summed E-state index contributed by atoms with van der Waals surface area (Å²) < 4.78 is 38.9. The average molecular weight is 418 g/mol. The molecule has 0 radical (unpaired) electrons. The highest BCUT2D eigenvalue weighted by Crippen LogP contribution is 2.35. The van der Waals surface area contributed by atoms with Gasteiger partial charge in [0.2, 0.25) is 0 Å². The number of fused-ring (bicyclic) bond motifs is 1. The molecule has 7 nitrogen and oxygen atoms in total. The Labute approximate surface area is 172 Å². The molecule has 2 heterocycles. The zero-order valence-electron chi connectivity index (χ0n) is 16.8. The molecule has 0 aliphatic carbocycles. The number of likely N-dealkylation sites (tertiary alicyclic amines) is 1. The fourth-order valence-electron chi connectivity index (χ4n) is 3.96. The maximum Gasteiger partial charge on any atom is 0.261 e. The Morgan fingerprint density at radius 2 is 1.97 bits per heavy atom. The summed E-state index contributed by atoms with van der Waals surface area (Å²) in [5.41, 5.74) is 1.50. The molecular formula is C21H27N3O4S. The van der Waals surface area contributed by atoms with Gasteiger partial charge in [-0.25, -0.2) is 8.42 Å². The minimum atomic E-state index is -3.69. The highest BCUT2D eigenvalue weighted by atomic mass is 32.2. The van der Waals surface area contributed by atoms with Gasteiger partial charge < -0.3 is 19.3 Å². The van der Waals surface area contributed by atoms with Gasteiger partial charge in [-0.15, -0.1) is 0 Å². The van der Waals surface area contributed by atoms with Crippen LogP contribution in [0.2, 0.25) is 0 Å². The molecule has 0 saturated carbocycles. The van der Waals surface area contributed by atoms with Crippen molar-refractivity contribution in [1.82, 2.24) is 4.90 Å². The van der Waals surface area contributed by atoms with Crippen LogP contribution in [-0.2, 0) is 10.0 Å². The second kappa shape index (κ2) is 8.12. The standard InChI is InChI=1S/C21H27N3O4S/c1-23-11-3-4-17(23)15-24-12-13-28-21-14-16(5-10-20(21)24)22-29(25,26)19-8-6-18(27-2)7-9-19/h5-10,14,17,22H,3-4,11-13,15H2,1-2H3.